The van der Waals surface area contributed by atoms with E-state index >= 15 is 0 Å². The first-order chi connectivity index (χ1) is 17.9. The van der Waals surface area contributed by atoms with E-state index in [0.29, 0.717) is 22.5 Å². The summed E-state index contributed by atoms with van der Waals surface area (Å²) in [7, 11) is 3.66. The lowest BCUT2D eigenvalue weighted by atomic mass is 10.1. The van der Waals surface area contributed by atoms with E-state index < -0.39 is 0 Å². The zero-order valence-corrected chi connectivity index (χ0v) is 22.5. The minimum atomic E-state index is -0.231. The average Bonchev–Trinajstić information content (AvgIpc) is 2.90. The van der Waals surface area contributed by atoms with Crippen LogP contribution in [-0.2, 0) is 11.3 Å². The Hall–Kier alpha value is -3.39. The first kappa shape index (κ1) is 26.7. The standard InChI is InChI=1S/C29H39N5O3/c1-21(2)30-27(35)20-34-28(22-10-8-11-24(18-22)37-4)31-26-13-12-23(19-25(26)29(34)36)32(3)14-9-17-33-15-6-5-7-16-33/h8,10-13,18-19,21H,5-7,9,14-17,20H2,1-4H3,(H,30,35). The Morgan fingerprint density at radius 2 is 1.92 bits per heavy atom. The van der Waals surface area contributed by atoms with Crippen LogP contribution in [0.25, 0.3) is 22.3 Å². The minimum Gasteiger partial charge on any atom is -0.497 e. The molecule has 198 valence electrons. The number of carbonyl (C=O) groups is 1. The third-order valence-corrected chi connectivity index (χ3v) is 6.87. The number of benzene rings is 2. The van der Waals surface area contributed by atoms with Crippen LogP contribution >= 0.6 is 0 Å². The summed E-state index contributed by atoms with van der Waals surface area (Å²) in [6.07, 6.45) is 5.01. The number of piperidine rings is 1. The van der Waals surface area contributed by atoms with Gasteiger partial charge in [-0.05, 0) is 83.1 Å². The molecule has 0 saturated carbocycles. The molecule has 37 heavy (non-hydrogen) atoms. The monoisotopic (exact) mass is 505 g/mol. The maximum atomic E-state index is 13.8. The van der Waals surface area contributed by atoms with Gasteiger partial charge in [-0.2, -0.15) is 0 Å². The van der Waals surface area contributed by atoms with Crippen LogP contribution in [0.4, 0.5) is 5.69 Å². The number of ether oxygens (including phenoxy) is 1. The molecule has 0 aliphatic carbocycles. The number of methoxy groups -OCH3 is 1. The summed E-state index contributed by atoms with van der Waals surface area (Å²) in [5, 5.41) is 3.39. The van der Waals surface area contributed by atoms with Crippen LogP contribution in [0.15, 0.2) is 47.3 Å². The molecule has 0 radical (unpaired) electrons. The molecule has 0 unspecified atom stereocenters. The van der Waals surface area contributed by atoms with Crippen LogP contribution in [0.2, 0.25) is 0 Å². The Labute approximate surface area is 219 Å². The molecule has 0 bridgehead atoms. The van der Waals surface area contributed by atoms with Crippen molar-refractivity contribution in [3.05, 3.63) is 52.8 Å². The van der Waals surface area contributed by atoms with Gasteiger partial charge in [0.15, 0.2) is 0 Å². The normalized spacial score (nSPS) is 14.2. The van der Waals surface area contributed by atoms with Crippen LogP contribution in [0.1, 0.15) is 39.5 Å². The van der Waals surface area contributed by atoms with Gasteiger partial charge in [0.2, 0.25) is 5.91 Å². The number of anilines is 1. The van der Waals surface area contributed by atoms with E-state index in [1.165, 1.54) is 36.9 Å². The lowest BCUT2D eigenvalue weighted by molar-refractivity contribution is -0.122. The first-order valence-electron chi connectivity index (χ1n) is 13.3. The molecule has 2 aromatic carbocycles. The van der Waals surface area contributed by atoms with Crippen molar-refractivity contribution in [2.45, 2.75) is 52.1 Å². The maximum Gasteiger partial charge on any atom is 0.262 e. The summed E-state index contributed by atoms with van der Waals surface area (Å²) in [5.41, 5.74) is 2.06. The van der Waals surface area contributed by atoms with E-state index in [1.807, 2.05) is 56.3 Å². The number of rotatable bonds is 10. The van der Waals surface area contributed by atoms with Crippen LogP contribution in [0.5, 0.6) is 5.75 Å². The summed E-state index contributed by atoms with van der Waals surface area (Å²) in [4.78, 5) is 36.1. The molecule has 0 atom stereocenters. The molecular weight excluding hydrogens is 466 g/mol. The zero-order chi connectivity index (χ0) is 26.4. The molecule has 1 fully saturated rings. The molecule has 1 aliphatic rings. The van der Waals surface area contributed by atoms with Crippen LogP contribution in [-0.4, -0.2) is 66.7 Å². The van der Waals surface area contributed by atoms with Crippen molar-refractivity contribution in [3.8, 4) is 17.1 Å². The number of aromatic nitrogens is 2. The fraction of sp³-hybridized carbons (Fsp3) is 0.483. The van der Waals surface area contributed by atoms with Gasteiger partial charge in [-0.15, -0.1) is 0 Å². The minimum absolute atomic E-state index is 0.0259. The summed E-state index contributed by atoms with van der Waals surface area (Å²) in [6.45, 7) is 8.09. The fourth-order valence-corrected chi connectivity index (χ4v) is 4.93. The SMILES string of the molecule is COc1cccc(-c2nc3ccc(N(C)CCCN4CCCCC4)cc3c(=O)n2CC(=O)NC(C)C)c1. The van der Waals surface area contributed by atoms with E-state index in [-0.39, 0.29) is 24.1 Å². The maximum absolute atomic E-state index is 13.8. The molecule has 4 rings (SSSR count). The van der Waals surface area contributed by atoms with Crippen molar-refractivity contribution >= 4 is 22.5 Å². The molecule has 8 heteroatoms. The van der Waals surface area contributed by atoms with Gasteiger partial charge in [-0.3, -0.25) is 14.2 Å². The highest BCUT2D eigenvalue weighted by Crippen LogP contribution is 2.25. The second kappa shape index (κ2) is 12.2. The smallest absolute Gasteiger partial charge is 0.262 e. The molecule has 2 heterocycles. The number of likely N-dealkylation sites (tertiary alicyclic amines) is 1. The van der Waals surface area contributed by atoms with Crippen LogP contribution < -0.4 is 20.5 Å². The van der Waals surface area contributed by atoms with Crippen molar-refractivity contribution in [3.63, 3.8) is 0 Å². The van der Waals surface area contributed by atoms with Gasteiger partial charge in [0.25, 0.3) is 5.56 Å². The van der Waals surface area contributed by atoms with Crippen molar-refractivity contribution in [2.75, 3.05) is 45.2 Å². The number of nitrogens with one attached hydrogen (secondary N) is 1. The quantitative estimate of drug-likeness (QED) is 0.450. The van der Waals surface area contributed by atoms with Gasteiger partial charge in [-0.1, -0.05) is 18.6 Å². The van der Waals surface area contributed by atoms with Gasteiger partial charge >= 0.3 is 0 Å². The highest BCUT2D eigenvalue weighted by atomic mass is 16.5. The van der Waals surface area contributed by atoms with E-state index in [2.05, 4.69) is 22.2 Å². The predicted molar refractivity (Wildman–Crippen MR) is 149 cm³/mol. The number of fused-ring (bicyclic) bond motifs is 1. The number of hydrogen-bond acceptors (Lipinski definition) is 6. The zero-order valence-electron chi connectivity index (χ0n) is 22.5. The van der Waals surface area contributed by atoms with E-state index in [1.54, 1.807) is 7.11 Å². The molecule has 0 spiro atoms. The highest BCUT2D eigenvalue weighted by Gasteiger charge is 2.18. The van der Waals surface area contributed by atoms with Gasteiger partial charge < -0.3 is 19.9 Å². The third-order valence-electron chi connectivity index (χ3n) is 6.87. The molecule has 8 nitrogen and oxygen atoms in total. The van der Waals surface area contributed by atoms with Crippen molar-refractivity contribution in [1.82, 2.24) is 19.8 Å². The van der Waals surface area contributed by atoms with Gasteiger partial charge in [-0.25, -0.2) is 4.98 Å². The molecule has 1 amide bonds. The predicted octanol–water partition coefficient (Wildman–Crippen LogP) is 3.91. The number of nitrogens with zero attached hydrogens (tertiary/aromatic N) is 4. The molecule has 1 N–H and O–H groups in total. The van der Waals surface area contributed by atoms with E-state index in [4.69, 9.17) is 9.72 Å². The molecule has 1 aliphatic heterocycles. The fourth-order valence-electron chi connectivity index (χ4n) is 4.93. The second-order valence-electron chi connectivity index (χ2n) is 10.2. The summed E-state index contributed by atoms with van der Waals surface area (Å²) in [6, 6.07) is 13.2. The topological polar surface area (TPSA) is 79.7 Å². The highest BCUT2D eigenvalue weighted by molar-refractivity contribution is 5.84. The Morgan fingerprint density at radius 3 is 2.65 bits per heavy atom. The average molecular weight is 506 g/mol. The van der Waals surface area contributed by atoms with Crippen molar-refractivity contribution in [2.24, 2.45) is 0 Å². The third kappa shape index (κ3) is 6.68. The lowest BCUT2D eigenvalue weighted by Crippen LogP contribution is -2.37. The Kier molecular flexibility index (Phi) is 8.82. The largest absolute Gasteiger partial charge is 0.497 e. The van der Waals surface area contributed by atoms with Gasteiger partial charge in [0.05, 0.1) is 18.0 Å². The Bertz CT molecular complexity index is 1280. The molecule has 3 aromatic rings. The van der Waals surface area contributed by atoms with Crippen LogP contribution in [0, 0.1) is 0 Å². The van der Waals surface area contributed by atoms with Crippen molar-refractivity contribution < 1.29 is 9.53 Å². The summed E-state index contributed by atoms with van der Waals surface area (Å²) in [5.74, 6) is 0.873. The number of amides is 1. The van der Waals surface area contributed by atoms with Gasteiger partial charge in [0.1, 0.15) is 18.1 Å². The number of hydrogen-bond donors (Lipinski definition) is 1. The van der Waals surface area contributed by atoms with Gasteiger partial charge in [0, 0.05) is 30.9 Å². The Morgan fingerprint density at radius 1 is 1.14 bits per heavy atom. The molecule has 1 aromatic heterocycles. The Balaban J connectivity index is 1.65. The molecular formula is C29H39N5O3. The summed E-state index contributed by atoms with van der Waals surface area (Å²) >= 11 is 0. The summed E-state index contributed by atoms with van der Waals surface area (Å²) < 4.78 is 6.84. The van der Waals surface area contributed by atoms with E-state index in [9.17, 15) is 9.59 Å². The molecule has 1 saturated heterocycles. The second-order valence-corrected chi connectivity index (χ2v) is 10.2. The number of carbonyl (C=O) groups excluding carboxylic acids is 1. The van der Waals surface area contributed by atoms with E-state index in [0.717, 1.165) is 30.8 Å². The van der Waals surface area contributed by atoms with Crippen molar-refractivity contribution in [1.29, 1.82) is 0 Å². The first-order valence-corrected chi connectivity index (χ1v) is 13.3. The lowest BCUT2D eigenvalue weighted by Gasteiger charge is -2.27. The van der Waals surface area contributed by atoms with Crippen LogP contribution in [0.3, 0.4) is 0 Å².